The van der Waals surface area contributed by atoms with Crippen molar-refractivity contribution in [3.8, 4) is 11.8 Å². The first-order valence-corrected chi connectivity index (χ1v) is 5.94. The molecule has 0 aliphatic carbocycles. The largest absolute Gasteiger partial charge is 0.385 e. The van der Waals surface area contributed by atoms with E-state index in [-0.39, 0.29) is 12.1 Å². The average molecular weight is 264 g/mol. The number of halogens is 1. The lowest BCUT2D eigenvalue weighted by Gasteiger charge is -2.06. The molecule has 0 heterocycles. The van der Waals surface area contributed by atoms with Crippen LogP contribution in [-0.4, -0.2) is 32.7 Å². The summed E-state index contributed by atoms with van der Waals surface area (Å²) in [6.45, 7) is 1.21. The molecule has 1 aromatic carbocycles. The topological polar surface area (TPSA) is 64.3 Å². The van der Waals surface area contributed by atoms with E-state index in [1.165, 1.54) is 12.1 Å². The van der Waals surface area contributed by atoms with Gasteiger partial charge in [-0.25, -0.2) is 4.39 Å². The van der Waals surface area contributed by atoms with E-state index in [1.54, 1.807) is 13.2 Å². The zero-order valence-electron chi connectivity index (χ0n) is 10.8. The van der Waals surface area contributed by atoms with Gasteiger partial charge in [-0.3, -0.25) is 4.79 Å². The summed E-state index contributed by atoms with van der Waals surface area (Å²) < 4.78 is 18.6. The number of carbonyl (C=O) groups is 1. The van der Waals surface area contributed by atoms with Crippen LogP contribution in [0, 0.1) is 17.7 Å². The van der Waals surface area contributed by atoms with Gasteiger partial charge in [0.05, 0.1) is 12.1 Å². The summed E-state index contributed by atoms with van der Waals surface area (Å²) in [5.74, 6) is 4.31. The molecular formula is C14H17FN2O2. The van der Waals surface area contributed by atoms with Crippen LogP contribution in [0.2, 0.25) is 0 Å². The molecule has 0 aromatic heterocycles. The van der Waals surface area contributed by atoms with Crippen LogP contribution in [0.4, 0.5) is 4.39 Å². The van der Waals surface area contributed by atoms with Crippen LogP contribution in [0.15, 0.2) is 18.2 Å². The lowest BCUT2D eigenvalue weighted by atomic mass is 10.1. The maximum Gasteiger partial charge on any atom is 0.254 e. The van der Waals surface area contributed by atoms with Crippen molar-refractivity contribution in [3.63, 3.8) is 0 Å². The van der Waals surface area contributed by atoms with E-state index in [2.05, 4.69) is 17.2 Å². The first-order chi connectivity index (χ1) is 9.19. The predicted octanol–water partition coefficient (Wildman–Crippen LogP) is 0.902. The van der Waals surface area contributed by atoms with Crippen molar-refractivity contribution in [2.24, 2.45) is 5.73 Å². The first kappa shape index (κ1) is 15.2. The number of methoxy groups -OCH3 is 1. The van der Waals surface area contributed by atoms with E-state index in [0.29, 0.717) is 25.1 Å². The molecule has 102 valence electrons. The second-order valence-corrected chi connectivity index (χ2v) is 3.80. The van der Waals surface area contributed by atoms with Crippen molar-refractivity contribution < 1.29 is 13.9 Å². The van der Waals surface area contributed by atoms with Gasteiger partial charge in [0.1, 0.15) is 5.82 Å². The number of nitrogens with two attached hydrogens (primary N) is 1. The highest BCUT2D eigenvalue weighted by atomic mass is 19.1. The van der Waals surface area contributed by atoms with Gasteiger partial charge in [-0.05, 0) is 24.6 Å². The minimum Gasteiger partial charge on any atom is -0.385 e. The summed E-state index contributed by atoms with van der Waals surface area (Å²) in [4.78, 5) is 11.7. The predicted molar refractivity (Wildman–Crippen MR) is 71.2 cm³/mol. The second kappa shape index (κ2) is 8.25. The number of amides is 1. The molecule has 5 heteroatoms. The van der Waals surface area contributed by atoms with Crippen molar-refractivity contribution in [1.29, 1.82) is 0 Å². The van der Waals surface area contributed by atoms with Crippen LogP contribution in [0.5, 0.6) is 0 Å². The molecule has 0 radical (unpaired) electrons. The highest BCUT2D eigenvalue weighted by molar-refractivity contribution is 5.94. The number of ether oxygens (including phenoxy) is 1. The van der Waals surface area contributed by atoms with Gasteiger partial charge in [0.25, 0.3) is 5.91 Å². The Labute approximate surface area is 112 Å². The molecule has 0 bridgehead atoms. The van der Waals surface area contributed by atoms with Crippen molar-refractivity contribution >= 4 is 5.91 Å². The van der Waals surface area contributed by atoms with E-state index in [0.717, 1.165) is 0 Å². The smallest absolute Gasteiger partial charge is 0.254 e. The first-order valence-electron chi connectivity index (χ1n) is 5.94. The van der Waals surface area contributed by atoms with Crippen molar-refractivity contribution in [2.45, 2.75) is 6.42 Å². The summed E-state index contributed by atoms with van der Waals surface area (Å²) >= 11 is 0. The summed E-state index contributed by atoms with van der Waals surface area (Å²) in [5.41, 5.74) is 5.74. The normalized spacial score (nSPS) is 9.63. The van der Waals surface area contributed by atoms with E-state index >= 15 is 0 Å². The molecule has 0 aliphatic rings. The third-order valence-electron chi connectivity index (χ3n) is 2.36. The molecule has 0 atom stereocenters. The summed E-state index contributed by atoms with van der Waals surface area (Å²) in [6, 6.07) is 4.24. The number of benzene rings is 1. The second-order valence-electron chi connectivity index (χ2n) is 3.80. The minimum absolute atomic E-state index is 0.00992. The highest BCUT2D eigenvalue weighted by Crippen LogP contribution is 2.09. The molecule has 0 unspecified atom stereocenters. The van der Waals surface area contributed by atoms with Gasteiger partial charge in [-0.1, -0.05) is 11.8 Å². The Balaban J connectivity index is 2.65. The third-order valence-corrected chi connectivity index (χ3v) is 2.36. The van der Waals surface area contributed by atoms with Crippen LogP contribution in [0.3, 0.4) is 0 Å². The number of nitrogens with one attached hydrogen (secondary N) is 1. The average Bonchev–Trinajstić information content (AvgIpc) is 2.41. The molecule has 3 N–H and O–H groups in total. The molecule has 1 amide bonds. The fraction of sp³-hybridized carbons (Fsp3) is 0.357. The Morgan fingerprint density at radius 1 is 1.53 bits per heavy atom. The molecule has 0 aliphatic heterocycles. The number of rotatable bonds is 5. The monoisotopic (exact) mass is 264 g/mol. The lowest BCUT2D eigenvalue weighted by Crippen LogP contribution is -2.26. The maximum atomic E-state index is 13.7. The fourth-order valence-electron chi connectivity index (χ4n) is 1.44. The zero-order chi connectivity index (χ0) is 14.1. The molecule has 19 heavy (non-hydrogen) atoms. The number of carbonyl (C=O) groups excluding carboxylic acids is 1. The molecule has 0 saturated heterocycles. The van der Waals surface area contributed by atoms with Gasteiger partial charge in [0.15, 0.2) is 0 Å². The number of hydrogen-bond donors (Lipinski definition) is 2. The Morgan fingerprint density at radius 3 is 2.95 bits per heavy atom. The fourth-order valence-corrected chi connectivity index (χ4v) is 1.44. The SMILES string of the molecule is COCCCNC(=O)c1ccc(C#CCN)cc1F. The molecule has 0 fully saturated rings. The molecular weight excluding hydrogens is 247 g/mol. The Bertz CT molecular complexity index is 492. The minimum atomic E-state index is -0.590. The van der Waals surface area contributed by atoms with Crippen molar-refractivity contribution in [1.82, 2.24) is 5.32 Å². The summed E-state index contributed by atoms with van der Waals surface area (Å²) in [6.07, 6.45) is 0.684. The Kier molecular flexibility index (Phi) is 6.58. The van der Waals surface area contributed by atoms with E-state index in [4.69, 9.17) is 10.5 Å². The van der Waals surface area contributed by atoms with Crippen LogP contribution < -0.4 is 11.1 Å². The van der Waals surface area contributed by atoms with E-state index in [9.17, 15) is 9.18 Å². The van der Waals surface area contributed by atoms with Crippen molar-refractivity contribution in [3.05, 3.63) is 35.1 Å². The van der Waals surface area contributed by atoms with Gasteiger partial charge < -0.3 is 15.8 Å². The molecule has 4 nitrogen and oxygen atoms in total. The molecule has 1 aromatic rings. The lowest BCUT2D eigenvalue weighted by molar-refractivity contribution is 0.0944. The molecule has 0 saturated carbocycles. The van der Waals surface area contributed by atoms with Crippen LogP contribution >= 0.6 is 0 Å². The Morgan fingerprint density at radius 2 is 2.32 bits per heavy atom. The van der Waals surface area contributed by atoms with Crippen LogP contribution in [0.1, 0.15) is 22.3 Å². The Hall–Kier alpha value is -1.90. The van der Waals surface area contributed by atoms with Gasteiger partial charge in [0, 0.05) is 25.8 Å². The molecule has 1 rings (SSSR count). The number of hydrogen-bond acceptors (Lipinski definition) is 3. The van der Waals surface area contributed by atoms with E-state index < -0.39 is 11.7 Å². The van der Waals surface area contributed by atoms with E-state index in [1.807, 2.05) is 0 Å². The zero-order valence-corrected chi connectivity index (χ0v) is 10.8. The van der Waals surface area contributed by atoms with Crippen molar-refractivity contribution in [2.75, 3.05) is 26.8 Å². The van der Waals surface area contributed by atoms with Gasteiger partial charge in [-0.2, -0.15) is 0 Å². The quantitative estimate of drug-likeness (QED) is 0.613. The van der Waals surface area contributed by atoms with Gasteiger partial charge in [0.2, 0.25) is 0 Å². The highest BCUT2D eigenvalue weighted by Gasteiger charge is 2.11. The summed E-state index contributed by atoms with van der Waals surface area (Å²) in [7, 11) is 1.59. The van der Waals surface area contributed by atoms with Crippen LogP contribution in [0.25, 0.3) is 0 Å². The van der Waals surface area contributed by atoms with Gasteiger partial charge >= 0.3 is 0 Å². The third kappa shape index (κ3) is 5.08. The molecule has 0 spiro atoms. The standard InChI is InChI=1S/C14H17FN2O2/c1-19-9-3-8-17-14(18)12-6-5-11(4-2-7-16)10-13(12)15/h5-6,10H,3,7-9,16H2,1H3,(H,17,18). The van der Waals surface area contributed by atoms with Crippen LogP contribution in [-0.2, 0) is 4.74 Å². The van der Waals surface area contributed by atoms with Gasteiger partial charge in [-0.15, -0.1) is 0 Å². The summed E-state index contributed by atoms with van der Waals surface area (Å²) in [5, 5.41) is 2.62. The maximum absolute atomic E-state index is 13.7.